The van der Waals surface area contributed by atoms with Gasteiger partial charge in [0, 0.05) is 0 Å². The van der Waals surface area contributed by atoms with Crippen molar-refractivity contribution in [1.82, 2.24) is 19.6 Å². The third-order valence-electron chi connectivity index (χ3n) is 1.57. The average Bonchev–Trinajstić information content (AvgIpc) is 2.30. The molecule has 2 aromatic rings. The van der Waals surface area contributed by atoms with Crippen LogP contribution in [-0.4, -0.2) is 19.6 Å². The second-order valence-corrected chi connectivity index (χ2v) is 2.99. The minimum Gasteiger partial charge on any atom is -0.215 e. The largest absolute Gasteiger partial charge is 0.252 e. The topological polar surface area (TPSA) is 43.1 Å². The molecule has 2 heterocycles. The summed E-state index contributed by atoms with van der Waals surface area (Å²) in [6, 6.07) is 0. The number of hydrogen-bond acceptors (Lipinski definition) is 3. The van der Waals surface area contributed by atoms with Gasteiger partial charge in [0.2, 0.25) is 0 Å². The SMILES string of the molecule is Cc1nc2nc(C)c(Cl)cn2n1. The molecule has 0 saturated heterocycles. The van der Waals surface area contributed by atoms with Gasteiger partial charge in [0.05, 0.1) is 16.9 Å². The highest BCUT2D eigenvalue weighted by Crippen LogP contribution is 2.12. The van der Waals surface area contributed by atoms with Crippen LogP contribution in [0.3, 0.4) is 0 Å². The van der Waals surface area contributed by atoms with Crippen LogP contribution in [0, 0.1) is 13.8 Å². The van der Waals surface area contributed by atoms with Gasteiger partial charge in [0.1, 0.15) is 5.82 Å². The highest BCUT2D eigenvalue weighted by Gasteiger charge is 2.03. The van der Waals surface area contributed by atoms with E-state index in [0.29, 0.717) is 16.6 Å². The van der Waals surface area contributed by atoms with Crippen LogP contribution in [0.15, 0.2) is 6.20 Å². The van der Waals surface area contributed by atoms with Crippen LogP contribution in [0.25, 0.3) is 5.78 Å². The molecule has 0 aromatic carbocycles. The minimum atomic E-state index is 0.592. The maximum Gasteiger partial charge on any atom is 0.252 e. The van der Waals surface area contributed by atoms with E-state index in [1.54, 1.807) is 10.7 Å². The summed E-state index contributed by atoms with van der Waals surface area (Å²) < 4.78 is 1.57. The predicted octanol–water partition coefficient (Wildman–Crippen LogP) is 1.39. The lowest BCUT2D eigenvalue weighted by Crippen LogP contribution is -1.93. The summed E-state index contributed by atoms with van der Waals surface area (Å²) in [5.41, 5.74) is 0.775. The predicted molar refractivity (Wildman–Crippen MR) is 45.3 cm³/mol. The number of rotatable bonds is 0. The molecule has 0 amide bonds. The molecule has 0 N–H and O–H groups in total. The van der Waals surface area contributed by atoms with E-state index in [2.05, 4.69) is 15.1 Å². The van der Waals surface area contributed by atoms with E-state index in [4.69, 9.17) is 11.6 Å². The van der Waals surface area contributed by atoms with Crippen LogP contribution in [0.1, 0.15) is 11.5 Å². The fourth-order valence-electron chi connectivity index (χ4n) is 0.986. The van der Waals surface area contributed by atoms with E-state index in [9.17, 15) is 0 Å². The molecule has 0 atom stereocenters. The molecular formula is C7H7ClN4. The van der Waals surface area contributed by atoms with Gasteiger partial charge in [-0.15, -0.1) is 0 Å². The van der Waals surface area contributed by atoms with E-state index >= 15 is 0 Å². The maximum absolute atomic E-state index is 5.85. The molecule has 0 aliphatic carbocycles. The molecule has 2 rings (SSSR count). The molecule has 0 radical (unpaired) electrons. The van der Waals surface area contributed by atoms with E-state index in [1.165, 1.54) is 0 Å². The Morgan fingerprint density at radius 1 is 1.33 bits per heavy atom. The number of nitrogens with zero attached hydrogens (tertiary/aromatic N) is 4. The molecule has 0 aliphatic heterocycles. The minimum absolute atomic E-state index is 0.592. The molecule has 0 fully saturated rings. The Hall–Kier alpha value is -1.16. The van der Waals surface area contributed by atoms with Crippen LogP contribution in [0.4, 0.5) is 0 Å². The number of aromatic nitrogens is 4. The third-order valence-corrected chi connectivity index (χ3v) is 1.94. The van der Waals surface area contributed by atoms with E-state index in [0.717, 1.165) is 5.69 Å². The summed E-state index contributed by atoms with van der Waals surface area (Å²) in [5, 5.41) is 4.68. The zero-order valence-electron chi connectivity index (χ0n) is 6.74. The Balaban J connectivity index is 2.83. The maximum atomic E-state index is 5.85. The number of fused-ring (bicyclic) bond motifs is 1. The molecule has 62 valence electrons. The van der Waals surface area contributed by atoms with Gasteiger partial charge in [-0.1, -0.05) is 11.6 Å². The van der Waals surface area contributed by atoms with Crippen LogP contribution in [0.2, 0.25) is 5.02 Å². The van der Waals surface area contributed by atoms with Gasteiger partial charge in [-0.3, -0.25) is 0 Å². The van der Waals surface area contributed by atoms with Crippen LogP contribution in [0.5, 0.6) is 0 Å². The van der Waals surface area contributed by atoms with Gasteiger partial charge in [0.25, 0.3) is 5.78 Å². The molecule has 5 heteroatoms. The fraction of sp³-hybridized carbons (Fsp3) is 0.286. The second kappa shape index (κ2) is 2.42. The van der Waals surface area contributed by atoms with E-state index in [-0.39, 0.29) is 0 Å². The van der Waals surface area contributed by atoms with Crippen molar-refractivity contribution in [2.45, 2.75) is 13.8 Å². The molecule has 0 unspecified atom stereocenters. The van der Waals surface area contributed by atoms with Crippen LogP contribution >= 0.6 is 11.6 Å². The first-order chi connectivity index (χ1) is 5.66. The summed E-state index contributed by atoms with van der Waals surface area (Å²) >= 11 is 5.85. The normalized spacial score (nSPS) is 10.9. The van der Waals surface area contributed by atoms with Gasteiger partial charge in [0.15, 0.2) is 0 Å². The fourth-order valence-corrected chi connectivity index (χ4v) is 1.12. The Labute approximate surface area is 74.2 Å². The van der Waals surface area contributed by atoms with E-state index in [1.807, 2.05) is 13.8 Å². The summed E-state index contributed by atoms with van der Waals surface area (Å²) in [4.78, 5) is 8.25. The monoisotopic (exact) mass is 182 g/mol. The van der Waals surface area contributed by atoms with Gasteiger partial charge in [-0.2, -0.15) is 10.1 Å². The number of aryl methyl sites for hydroxylation is 2. The molecule has 2 aromatic heterocycles. The summed E-state index contributed by atoms with van der Waals surface area (Å²) in [6.45, 7) is 3.66. The van der Waals surface area contributed by atoms with Crippen molar-refractivity contribution >= 4 is 17.4 Å². The first-order valence-corrected chi connectivity index (χ1v) is 3.91. The Morgan fingerprint density at radius 2 is 2.08 bits per heavy atom. The van der Waals surface area contributed by atoms with Crippen molar-refractivity contribution in [1.29, 1.82) is 0 Å². The zero-order valence-corrected chi connectivity index (χ0v) is 7.50. The quantitative estimate of drug-likeness (QED) is 0.619. The molecule has 4 nitrogen and oxygen atoms in total. The van der Waals surface area contributed by atoms with Crippen molar-refractivity contribution in [3.63, 3.8) is 0 Å². The average molecular weight is 183 g/mol. The van der Waals surface area contributed by atoms with Gasteiger partial charge in [-0.25, -0.2) is 9.50 Å². The summed E-state index contributed by atoms with van der Waals surface area (Å²) in [5.74, 6) is 1.29. The highest BCUT2D eigenvalue weighted by atomic mass is 35.5. The standard InChI is InChI=1S/C7H7ClN4/c1-4-6(8)3-12-7(9-4)10-5(2)11-12/h3H,1-2H3. The molecule has 0 spiro atoms. The highest BCUT2D eigenvalue weighted by molar-refractivity contribution is 6.31. The zero-order chi connectivity index (χ0) is 8.72. The first kappa shape index (κ1) is 7.49. The molecular weight excluding hydrogens is 176 g/mol. The second-order valence-electron chi connectivity index (χ2n) is 2.58. The van der Waals surface area contributed by atoms with Crippen molar-refractivity contribution < 1.29 is 0 Å². The smallest absolute Gasteiger partial charge is 0.215 e. The summed E-state index contributed by atoms with van der Waals surface area (Å²) in [6.07, 6.45) is 1.71. The first-order valence-electron chi connectivity index (χ1n) is 3.53. The Morgan fingerprint density at radius 3 is 2.83 bits per heavy atom. The van der Waals surface area contributed by atoms with Crippen molar-refractivity contribution in [3.8, 4) is 0 Å². The van der Waals surface area contributed by atoms with Crippen molar-refractivity contribution in [3.05, 3.63) is 22.7 Å². The van der Waals surface area contributed by atoms with Gasteiger partial charge in [-0.05, 0) is 13.8 Å². The van der Waals surface area contributed by atoms with Gasteiger partial charge >= 0.3 is 0 Å². The lowest BCUT2D eigenvalue weighted by Gasteiger charge is -1.95. The Bertz CT molecular complexity index is 395. The molecule has 0 bridgehead atoms. The lowest BCUT2D eigenvalue weighted by atomic mass is 10.5. The number of hydrogen-bond donors (Lipinski definition) is 0. The van der Waals surface area contributed by atoms with Crippen LogP contribution < -0.4 is 0 Å². The number of halogens is 1. The summed E-state index contributed by atoms with van der Waals surface area (Å²) in [7, 11) is 0. The van der Waals surface area contributed by atoms with Gasteiger partial charge < -0.3 is 0 Å². The third kappa shape index (κ3) is 1.04. The van der Waals surface area contributed by atoms with Crippen molar-refractivity contribution in [2.75, 3.05) is 0 Å². The van der Waals surface area contributed by atoms with Crippen molar-refractivity contribution in [2.24, 2.45) is 0 Å². The molecule has 0 aliphatic rings. The Kier molecular flexibility index (Phi) is 1.51. The van der Waals surface area contributed by atoms with Crippen LogP contribution in [-0.2, 0) is 0 Å². The van der Waals surface area contributed by atoms with E-state index < -0.39 is 0 Å². The lowest BCUT2D eigenvalue weighted by molar-refractivity contribution is 0.909. The molecule has 12 heavy (non-hydrogen) atoms. The molecule has 0 saturated carbocycles.